The van der Waals surface area contributed by atoms with Gasteiger partial charge in [0.25, 0.3) is 0 Å². The number of urea groups is 1. The first-order valence-corrected chi connectivity index (χ1v) is 7.44. The summed E-state index contributed by atoms with van der Waals surface area (Å²) in [7, 11) is 1.56. The van der Waals surface area contributed by atoms with E-state index in [9.17, 15) is 4.79 Å². The summed E-state index contributed by atoms with van der Waals surface area (Å²) in [5.74, 6) is 0.975. The maximum absolute atomic E-state index is 11.8. The lowest BCUT2D eigenvalue weighted by Crippen LogP contribution is -2.36. The molecule has 21 heavy (non-hydrogen) atoms. The van der Waals surface area contributed by atoms with Crippen molar-refractivity contribution in [3.05, 3.63) is 18.3 Å². The van der Waals surface area contributed by atoms with Crippen molar-refractivity contribution in [2.45, 2.75) is 19.8 Å². The van der Waals surface area contributed by atoms with Crippen LogP contribution in [-0.4, -0.2) is 49.2 Å². The summed E-state index contributed by atoms with van der Waals surface area (Å²) >= 11 is 0. The van der Waals surface area contributed by atoms with Gasteiger partial charge in [-0.15, -0.1) is 0 Å². The van der Waals surface area contributed by atoms with Gasteiger partial charge in [-0.05, 0) is 37.9 Å². The number of carbonyl (C=O) groups is 1. The predicted molar refractivity (Wildman–Crippen MR) is 82.6 cm³/mol. The normalized spacial score (nSPS) is 16.5. The Bertz CT molecular complexity index is 443. The number of aromatic nitrogens is 1. The van der Waals surface area contributed by atoms with E-state index in [2.05, 4.69) is 27.4 Å². The highest BCUT2D eigenvalue weighted by molar-refractivity contribution is 5.88. The number of carbonyl (C=O) groups excluding carboxylic acids is 1. The number of nitrogens with one attached hydrogen (secondary N) is 2. The highest BCUT2D eigenvalue weighted by Gasteiger charge is 2.15. The van der Waals surface area contributed by atoms with Crippen LogP contribution >= 0.6 is 0 Å². The predicted octanol–water partition coefficient (Wildman–Crippen LogP) is 1.94. The minimum absolute atomic E-state index is 0.199. The molecule has 6 nitrogen and oxygen atoms in total. The van der Waals surface area contributed by atoms with Gasteiger partial charge in [-0.25, -0.2) is 9.78 Å². The number of rotatable bonds is 6. The van der Waals surface area contributed by atoms with Crippen molar-refractivity contribution in [3.63, 3.8) is 0 Å². The number of ether oxygens (including phenoxy) is 1. The lowest BCUT2D eigenvalue weighted by molar-refractivity contribution is 0.245. The highest BCUT2D eigenvalue weighted by Crippen LogP contribution is 2.11. The monoisotopic (exact) mass is 292 g/mol. The molecule has 2 rings (SSSR count). The van der Waals surface area contributed by atoms with Gasteiger partial charge in [-0.2, -0.15) is 0 Å². The summed E-state index contributed by atoms with van der Waals surface area (Å²) in [5, 5.41) is 5.66. The number of pyridine rings is 1. The molecule has 0 bridgehead atoms. The number of likely N-dealkylation sites (tertiary alicyclic amines) is 1. The number of anilines is 1. The number of hydrogen-bond acceptors (Lipinski definition) is 4. The maximum atomic E-state index is 11.8. The van der Waals surface area contributed by atoms with E-state index in [0.29, 0.717) is 24.0 Å². The Labute approximate surface area is 125 Å². The van der Waals surface area contributed by atoms with E-state index in [1.54, 1.807) is 25.4 Å². The average molecular weight is 292 g/mol. The SMILES string of the molecule is COc1ccc(NC(=O)NCC(C)CN2CCCC2)cn1. The Kier molecular flexibility index (Phi) is 5.80. The van der Waals surface area contributed by atoms with Gasteiger partial charge in [0.15, 0.2) is 0 Å². The molecule has 0 aliphatic carbocycles. The summed E-state index contributed by atoms with van der Waals surface area (Å²) in [6.45, 7) is 6.26. The van der Waals surface area contributed by atoms with E-state index in [1.165, 1.54) is 25.9 Å². The molecule has 1 aliphatic rings. The molecule has 1 aliphatic heterocycles. The second-order valence-corrected chi connectivity index (χ2v) is 5.54. The second-order valence-electron chi connectivity index (χ2n) is 5.54. The van der Waals surface area contributed by atoms with Crippen molar-refractivity contribution in [2.24, 2.45) is 5.92 Å². The molecule has 2 amide bonds. The van der Waals surface area contributed by atoms with Crippen molar-refractivity contribution >= 4 is 11.7 Å². The van der Waals surface area contributed by atoms with Crippen molar-refractivity contribution in [2.75, 3.05) is 38.6 Å². The summed E-state index contributed by atoms with van der Waals surface area (Å²) in [5.41, 5.74) is 0.653. The number of nitrogens with zero attached hydrogens (tertiary/aromatic N) is 2. The Morgan fingerprint density at radius 1 is 1.43 bits per heavy atom. The van der Waals surface area contributed by atoms with Crippen LogP contribution in [0.4, 0.5) is 10.5 Å². The number of hydrogen-bond donors (Lipinski definition) is 2. The Hall–Kier alpha value is -1.82. The van der Waals surface area contributed by atoms with Crippen molar-refractivity contribution in [1.82, 2.24) is 15.2 Å². The van der Waals surface area contributed by atoms with Gasteiger partial charge in [-0.1, -0.05) is 6.92 Å². The lowest BCUT2D eigenvalue weighted by atomic mass is 10.1. The Balaban J connectivity index is 1.68. The second kappa shape index (κ2) is 7.83. The summed E-state index contributed by atoms with van der Waals surface area (Å²) in [6, 6.07) is 3.28. The minimum Gasteiger partial charge on any atom is -0.481 e. The molecule has 2 N–H and O–H groups in total. The molecule has 0 aromatic carbocycles. The van der Waals surface area contributed by atoms with Gasteiger partial charge in [0.05, 0.1) is 19.0 Å². The van der Waals surface area contributed by atoms with Crippen molar-refractivity contribution < 1.29 is 9.53 Å². The Morgan fingerprint density at radius 3 is 2.81 bits per heavy atom. The molecule has 1 aromatic rings. The van der Waals surface area contributed by atoms with E-state index < -0.39 is 0 Å². The van der Waals surface area contributed by atoms with Crippen LogP contribution in [-0.2, 0) is 0 Å². The molecule has 1 unspecified atom stereocenters. The largest absolute Gasteiger partial charge is 0.481 e. The van der Waals surface area contributed by atoms with E-state index in [1.807, 2.05) is 0 Å². The number of amides is 2. The van der Waals surface area contributed by atoms with Gasteiger partial charge in [-0.3, -0.25) is 0 Å². The molecule has 0 radical (unpaired) electrons. The van der Waals surface area contributed by atoms with Crippen LogP contribution in [0.2, 0.25) is 0 Å². The molecular formula is C15H24N4O2. The van der Waals surface area contributed by atoms with Crippen LogP contribution < -0.4 is 15.4 Å². The summed E-state index contributed by atoms with van der Waals surface area (Å²) in [4.78, 5) is 18.3. The fraction of sp³-hybridized carbons (Fsp3) is 0.600. The van der Waals surface area contributed by atoms with E-state index >= 15 is 0 Å². The van der Waals surface area contributed by atoms with Crippen LogP contribution in [0.1, 0.15) is 19.8 Å². The third-order valence-electron chi connectivity index (χ3n) is 3.58. The first-order valence-electron chi connectivity index (χ1n) is 7.44. The molecule has 1 aromatic heterocycles. The zero-order valence-electron chi connectivity index (χ0n) is 12.8. The average Bonchev–Trinajstić information content (AvgIpc) is 2.99. The molecule has 116 valence electrons. The zero-order chi connectivity index (χ0) is 15.1. The van der Waals surface area contributed by atoms with Crippen molar-refractivity contribution in [1.29, 1.82) is 0 Å². The van der Waals surface area contributed by atoms with Gasteiger partial charge < -0.3 is 20.3 Å². The van der Waals surface area contributed by atoms with Crippen LogP contribution in [0.5, 0.6) is 5.88 Å². The smallest absolute Gasteiger partial charge is 0.319 e. The minimum atomic E-state index is -0.199. The highest BCUT2D eigenvalue weighted by atomic mass is 16.5. The van der Waals surface area contributed by atoms with Crippen LogP contribution in [0.3, 0.4) is 0 Å². The van der Waals surface area contributed by atoms with E-state index in [4.69, 9.17) is 4.74 Å². The fourth-order valence-corrected chi connectivity index (χ4v) is 2.49. The van der Waals surface area contributed by atoms with Crippen LogP contribution in [0.15, 0.2) is 18.3 Å². The molecule has 2 heterocycles. The van der Waals surface area contributed by atoms with Crippen molar-refractivity contribution in [3.8, 4) is 5.88 Å². The topological polar surface area (TPSA) is 66.5 Å². The molecule has 1 fully saturated rings. The maximum Gasteiger partial charge on any atom is 0.319 e. The van der Waals surface area contributed by atoms with E-state index in [-0.39, 0.29) is 6.03 Å². The Morgan fingerprint density at radius 2 is 2.19 bits per heavy atom. The molecule has 0 saturated carbocycles. The molecule has 1 saturated heterocycles. The number of methoxy groups -OCH3 is 1. The zero-order valence-corrected chi connectivity index (χ0v) is 12.8. The quantitative estimate of drug-likeness (QED) is 0.841. The fourth-order valence-electron chi connectivity index (χ4n) is 2.49. The standard InChI is InChI=1S/C15H24N4O2/c1-12(11-19-7-3-4-8-19)9-17-15(20)18-13-5-6-14(21-2)16-10-13/h5-6,10,12H,3-4,7-9,11H2,1-2H3,(H2,17,18,20). The molecule has 6 heteroatoms. The van der Waals surface area contributed by atoms with E-state index in [0.717, 1.165) is 6.54 Å². The van der Waals surface area contributed by atoms with Gasteiger partial charge in [0.1, 0.15) is 0 Å². The van der Waals surface area contributed by atoms with Gasteiger partial charge >= 0.3 is 6.03 Å². The molecule has 1 atom stereocenters. The summed E-state index contributed by atoms with van der Waals surface area (Å²) in [6.07, 6.45) is 4.17. The molecule has 0 spiro atoms. The van der Waals surface area contributed by atoms with Crippen LogP contribution in [0, 0.1) is 5.92 Å². The van der Waals surface area contributed by atoms with Crippen LogP contribution in [0.25, 0.3) is 0 Å². The van der Waals surface area contributed by atoms with Gasteiger partial charge in [0.2, 0.25) is 5.88 Å². The molecular weight excluding hydrogens is 268 g/mol. The lowest BCUT2D eigenvalue weighted by Gasteiger charge is -2.20. The third-order valence-corrected chi connectivity index (χ3v) is 3.58. The first kappa shape index (κ1) is 15.6. The first-order chi connectivity index (χ1) is 10.2. The third kappa shape index (κ3) is 5.23. The summed E-state index contributed by atoms with van der Waals surface area (Å²) < 4.78 is 4.97. The van der Waals surface area contributed by atoms with Gasteiger partial charge in [0, 0.05) is 19.2 Å².